The van der Waals surface area contributed by atoms with Crippen LogP contribution in [0.25, 0.3) is 11.1 Å². The molecule has 0 aliphatic carbocycles. The van der Waals surface area contributed by atoms with Crippen molar-refractivity contribution in [1.29, 1.82) is 0 Å². The van der Waals surface area contributed by atoms with Gasteiger partial charge in [-0.05, 0) is 11.6 Å². The molecule has 6 heteroatoms. The van der Waals surface area contributed by atoms with Crippen molar-refractivity contribution >= 4 is 0 Å². The summed E-state index contributed by atoms with van der Waals surface area (Å²) in [6.45, 7) is 0.137. The second kappa shape index (κ2) is 4.45. The first-order valence-corrected chi connectivity index (χ1v) is 5.32. The minimum Gasteiger partial charge on any atom is -0.325 e. The van der Waals surface area contributed by atoms with Crippen molar-refractivity contribution < 1.29 is 13.2 Å². The Morgan fingerprint density at radius 3 is 2.50 bits per heavy atom. The molecule has 0 bridgehead atoms. The lowest BCUT2D eigenvalue weighted by Crippen LogP contribution is -2.09. The first-order chi connectivity index (χ1) is 8.45. The van der Waals surface area contributed by atoms with Gasteiger partial charge in [0, 0.05) is 19.2 Å². The highest BCUT2D eigenvalue weighted by Crippen LogP contribution is 2.37. The molecule has 2 rings (SSSR count). The first kappa shape index (κ1) is 12.6. The fraction of sp³-hybridized carbons (Fsp3) is 0.250. The van der Waals surface area contributed by atoms with Gasteiger partial charge in [-0.2, -0.15) is 18.3 Å². The normalized spacial score (nSPS) is 11.8. The third-order valence-electron chi connectivity index (χ3n) is 2.78. The van der Waals surface area contributed by atoms with Crippen molar-refractivity contribution in [3.8, 4) is 11.1 Å². The number of halogens is 3. The first-order valence-electron chi connectivity index (χ1n) is 5.32. The Kier molecular flexibility index (Phi) is 3.13. The van der Waals surface area contributed by atoms with Gasteiger partial charge in [0.1, 0.15) is 0 Å². The minimum atomic E-state index is -4.39. The molecular weight excluding hydrogens is 243 g/mol. The molecule has 1 heterocycles. The van der Waals surface area contributed by atoms with Crippen LogP contribution in [0.1, 0.15) is 11.3 Å². The van der Waals surface area contributed by atoms with Crippen molar-refractivity contribution in [2.75, 3.05) is 0 Å². The number of benzene rings is 1. The Hall–Kier alpha value is -1.82. The number of nitrogens with two attached hydrogens (primary N) is 1. The van der Waals surface area contributed by atoms with Crippen LogP contribution in [-0.2, 0) is 19.8 Å². The molecule has 0 atom stereocenters. The molecule has 18 heavy (non-hydrogen) atoms. The molecule has 2 aromatic rings. The van der Waals surface area contributed by atoms with Crippen LogP contribution in [0.2, 0.25) is 0 Å². The maximum atomic E-state index is 12.9. The van der Waals surface area contributed by atoms with E-state index in [1.165, 1.54) is 23.0 Å². The highest BCUT2D eigenvalue weighted by molar-refractivity contribution is 5.69. The third-order valence-corrected chi connectivity index (χ3v) is 2.78. The molecule has 0 unspecified atom stereocenters. The van der Waals surface area contributed by atoms with E-state index in [-0.39, 0.29) is 12.1 Å². The molecule has 0 spiro atoms. The summed E-state index contributed by atoms with van der Waals surface area (Å²) in [6, 6.07) is 5.42. The van der Waals surface area contributed by atoms with Crippen LogP contribution in [0.5, 0.6) is 0 Å². The molecule has 0 aliphatic rings. The minimum absolute atomic E-state index is 0.110. The molecule has 0 amide bonds. The van der Waals surface area contributed by atoms with Crippen LogP contribution in [0.3, 0.4) is 0 Å². The topological polar surface area (TPSA) is 43.8 Å². The van der Waals surface area contributed by atoms with Gasteiger partial charge in [-0.25, -0.2) is 0 Å². The van der Waals surface area contributed by atoms with Crippen LogP contribution < -0.4 is 5.73 Å². The van der Waals surface area contributed by atoms with Crippen molar-refractivity contribution in [2.45, 2.75) is 12.7 Å². The quantitative estimate of drug-likeness (QED) is 0.896. The van der Waals surface area contributed by atoms with E-state index in [2.05, 4.69) is 5.10 Å². The Morgan fingerprint density at radius 1 is 1.22 bits per heavy atom. The predicted molar refractivity (Wildman–Crippen MR) is 61.5 cm³/mol. The summed E-state index contributed by atoms with van der Waals surface area (Å²) in [5.41, 5.74) is 5.99. The van der Waals surface area contributed by atoms with Gasteiger partial charge in [0.2, 0.25) is 0 Å². The summed E-state index contributed by atoms with van der Waals surface area (Å²) in [4.78, 5) is 0. The maximum absolute atomic E-state index is 12.9. The van der Waals surface area contributed by atoms with E-state index < -0.39 is 11.7 Å². The third kappa shape index (κ3) is 2.11. The molecule has 0 fully saturated rings. The Bertz CT molecular complexity index is 558. The number of rotatable bonds is 2. The molecule has 0 saturated carbocycles. The summed E-state index contributed by atoms with van der Waals surface area (Å²) >= 11 is 0. The van der Waals surface area contributed by atoms with Gasteiger partial charge in [-0.3, -0.25) is 4.68 Å². The molecule has 0 radical (unpaired) electrons. The molecule has 96 valence electrons. The standard InChI is InChI=1S/C12H12F3N3/c1-18-11(6-16)9(7-17-18)8-4-2-3-5-10(8)12(13,14)15/h2-5,7H,6,16H2,1H3. The molecule has 0 aliphatic heterocycles. The van der Waals surface area contributed by atoms with E-state index in [0.29, 0.717) is 11.3 Å². The summed E-state index contributed by atoms with van der Waals surface area (Å²) in [5, 5.41) is 3.96. The van der Waals surface area contributed by atoms with E-state index in [4.69, 9.17) is 5.73 Å². The fourth-order valence-corrected chi connectivity index (χ4v) is 1.90. The van der Waals surface area contributed by atoms with E-state index in [1.807, 2.05) is 0 Å². The fourth-order valence-electron chi connectivity index (χ4n) is 1.90. The van der Waals surface area contributed by atoms with Gasteiger partial charge in [0.05, 0.1) is 17.5 Å². The summed E-state index contributed by atoms with van der Waals surface area (Å²) < 4.78 is 40.2. The van der Waals surface area contributed by atoms with Crippen molar-refractivity contribution in [3.63, 3.8) is 0 Å². The molecule has 1 aromatic carbocycles. The monoisotopic (exact) mass is 255 g/mol. The second-order valence-corrected chi connectivity index (χ2v) is 3.88. The Morgan fingerprint density at radius 2 is 1.89 bits per heavy atom. The van der Waals surface area contributed by atoms with Crippen molar-refractivity contribution in [2.24, 2.45) is 12.8 Å². The van der Waals surface area contributed by atoms with Gasteiger partial charge in [-0.1, -0.05) is 18.2 Å². The van der Waals surface area contributed by atoms with E-state index in [0.717, 1.165) is 6.07 Å². The van der Waals surface area contributed by atoms with Crippen LogP contribution in [0, 0.1) is 0 Å². The number of hydrogen-bond donors (Lipinski definition) is 1. The van der Waals surface area contributed by atoms with Gasteiger partial charge in [-0.15, -0.1) is 0 Å². The highest BCUT2D eigenvalue weighted by atomic mass is 19.4. The largest absolute Gasteiger partial charge is 0.417 e. The zero-order valence-corrected chi connectivity index (χ0v) is 9.70. The van der Waals surface area contributed by atoms with Gasteiger partial charge in [0.25, 0.3) is 0 Å². The summed E-state index contributed by atoms with van der Waals surface area (Å²) in [7, 11) is 1.65. The van der Waals surface area contributed by atoms with Crippen LogP contribution >= 0.6 is 0 Å². The van der Waals surface area contributed by atoms with Crippen molar-refractivity contribution in [1.82, 2.24) is 9.78 Å². The van der Waals surface area contributed by atoms with Crippen LogP contribution in [-0.4, -0.2) is 9.78 Å². The van der Waals surface area contributed by atoms with Gasteiger partial charge >= 0.3 is 6.18 Å². The lowest BCUT2D eigenvalue weighted by atomic mass is 10.00. The lowest BCUT2D eigenvalue weighted by Gasteiger charge is -2.12. The molecule has 3 nitrogen and oxygen atoms in total. The van der Waals surface area contributed by atoms with E-state index in [9.17, 15) is 13.2 Å². The van der Waals surface area contributed by atoms with Gasteiger partial charge in [0.15, 0.2) is 0 Å². The number of hydrogen-bond acceptors (Lipinski definition) is 2. The SMILES string of the molecule is Cn1ncc(-c2ccccc2C(F)(F)F)c1CN. The zero-order valence-electron chi connectivity index (χ0n) is 9.70. The Balaban J connectivity index is 2.64. The van der Waals surface area contributed by atoms with Crippen molar-refractivity contribution in [3.05, 3.63) is 41.7 Å². The average molecular weight is 255 g/mol. The van der Waals surface area contributed by atoms with E-state index in [1.54, 1.807) is 13.1 Å². The number of aryl methyl sites for hydroxylation is 1. The molecular formula is C12H12F3N3. The number of nitrogens with zero attached hydrogens (tertiary/aromatic N) is 2. The van der Waals surface area contributed by atoms with Crippen LogP contribution in [0.4, 0.5) is 13.2 Å². The maximum Gasteiger partial charge on any atom is 0.417 e. The zero-order chi connectivity index (χ0) is 13.3. The lowest BCUT2D eigenvalue weighted by molar-refractivity contribution is -0.137. The summed E-state index contributed by atoms with van der Waals surface area (Å²) in [6.07, 6.45) is -2.98. The smallest absolute Gasteiger partial charge is 0.325 e. The highest BCUT2D eigenvalue weighted by Gasteiger charge is 2.34. The average Bonchev–Trinajstić information content (AvgIpc) is 2.69. The predicted octanol–water partition coefficient (Wildman–Crippen LogP) is 2.56. The molecule has 1 aromatic heterocycles. The van der Waals surface area contributed by atoms with Crippen LogP contribution in [0.15, 0.2) is 30.5 Å². The number of aromatic nitrogens is 2. The molecule has 2 N–H and O–H groups in total. The summed E-state index contributed by atoms with van der Waals surface area (Å²) in [5.74, 6) is 0. The Labute approximate surface area is 102 Å². The molecule has 0 saturated heterocycles. The van der Waals surface area contributed by atoms with Gasteiger partial charge < -0.3 is 5.73 Å². The number of alkyl halides is 3. The van der Waals surface area contributed by atoms with E-state index >= 15 is 0 Å². The second-order valence-electron chi connectivity index (χ2n) is 3.88.